The lowest BCUT2D eigenvalue weighted by Crippen LogP contribution is -2.51. The van der Waals surface area contributed by atoms with Crippen molar-refractivity contribution < 1.29 is 14.6 Å². The van der Waals surface area contributed by atoms with E-state index in [2.05, 4.69) is 18.7 Å². The molecule has 1 atom stereocenters. The maximum Gasteiger partial charge on any atom is 0.317 e. The minimum Gasteiger partial charge on any atom is -0.480 e. The van der Waals surface area contributed by atoms with E-state index in [0.717, 1.165) is 32.3 Å². The molecular formula is C14H25NO3. The highest BCUT2D eigenvalue weighted by molar-refractivity contribution is 5.69. The van der Waals surface area contributed by atoms with Crippen LogP contribution in [0.15, 0.2) is 0 Å². The largest absolute Gasteiger partial charge is 0.480 e. The fourth-order valence-corrected chi connectivity index (χ4v) is 3.43. The van der Waals surface area contributed by atoms with Crippen LogP contribution in [0.1, 0.15) is 52.4 Å². The number of carbonyl (C=O) groups is 1. The molecule has 1 aliphatic heterocycles. The summed E-state index contributed by atoms with van der Waals surface area (Å²) in [7, 11) is 0. The van der Waals surface area contributed by atoms with Crippen LogP contribution in [0.5, 0.6) is 0 Å². The Bertz CT molecular complexity index is 297. The molecule has 4 heteroatoms. The van der Waals surface area contributed by atoms with Crippen LogP contribution in [0, 0.1) is 0 Å². The minimum atomic E-state index is -0.703. The van der Waals surface area contributed by atoms with Gasteiger partial charge in [-0.2, -0.15) is 0 Å². The van der Waals surface area contributed by atoms with E-state index in [0.29, 0.717) is 12.1 Å². The van der Waals surface area contributed by atoms with Gasteiger partial charge in [0.25, 0.3) is 0 Å². The minimum absolute atomic E-state index is 0.113. The number of nitrogens with zero attached hydrogens (tertiary/aromatic N) is 1. The third-order valence-corrected chi connectivity index (χ3v) is 4.25. The van der Waals surface area contributed by atoms with Gasteiger partial charge >= 0.3 is 5.97 Å². The summed E-state index contributed by atoms with van der Waals surface area (Å²) >= 11 is 0. The van der Waals surface area contributed by atoms with E-state index < -0.39 is 5.97 Å². The second-order valence-electron chi connectivity index (χ2n) is 6.26. The van der Waals surface area contributed by atoms with E-state index in [1.807, 2.05) is 0 Å². The zero-order chi connectivity index (χ0) is 13.2. The van der Waals surface area contributed by atoms with E-state index in [1.54, 1.807) is 0 Å². The van der Waals surface area contributed by atoms with Gasteiger partial charge in [0.15, 0.2) is 0 Å². The Morgan fingerprint density at radius 3 is 2.50 bits per heavy atom. The van der Waals surface area contributed by atoms with Gasteiger partial charge in [-0.25, -0.2) is 0 Å². The van der Waals surface area contributed by atoms with Crippen LogP contribution in [0.3, 0.4) is 0 Å². The van der Waals surface area contributed by atoms with Gasteiger partial charge in [-0.05, 0) is 39.5 Å². The molecule has 0 amide bonds. The zero-order valence-corrected chi connectivity index (χ0v) is 11.5. The second-order valence-corrected chi connectivity index (χ2v) is 6.26. The van der Waals surface area contributed by atoms with E-state index in [-0.39, 0.29) is 12.1 Å². The molecule has 0 spiro atoms. The number of hydrogen-bond donors (Lipinski definition) is 1. The molecule has 104 valence electrons. The van der Waals surface area contributed by atoms with Crippen LogP contribution in [0.25, 0.3) is 0 Å². The fourth-order valence-electron chi connectivity index (χ4n) is 3.43. The summed E-state index contributed by atoms with van der Waals surface area (Å²) in [4.78, 5) is 13.3. The molecule has 0 aromatic rings. The number of aliphatic carboxylic acids is 1. The highest BCUT2D eigenvalue weighted by Gasteiger charge is 2.36. The van der Waals surface area contributed by atoms with Crippen LogP contribution in [-0.2, 0) is 9.53 Å². The molecule has 2 fully saturated rings. The lowest BCUT2D eigenvalue weighted by molar-refractivity contribution is -0.142. The van der Waals surface area contributed by atoms with Crippen molar-refractivity contribution in [3.63, 3.8) is 0 Å². The van der Waals surface area contributed by atoms with Gasteiger partial charge in [-0.1, -0.05) is 12.8 Å². The van der Waals surface area contributed by atoms with Gasteiger partial charge in [0, 0.05) is 18.7 Å². The molecule has 1 aliphatic carbocycles. The number of carboxylic acids is 1. The van der Waals surface area contributed by atoms with E-state index >= 15 is 0 Å². The van der Waals surface area contributed by atoms with Crippen LogP contribution >= 0.6 is 0 Å². The molecule has 18 heavy (non-hydrogen) atoms. The molecule has 2 aliphatic rings. The average Bonchev–Trinajstić information content (AvgIpc) is 2.77. The molecule has 0 bridgehead atoms. The van der Waals surface area contributed by atoms with Crippen LogP contribution in [0.4, 0.5) is 0 Å². The first kappa shape index (κ1) is 13.8. The fraction of sp³-hybridized carbons (Fsp3) is 0.929. The Morgan fingerprint density at radius 2 is 1.94 bits per heavy atom. The summed E-state index contributed by atoms with van der Waals surface area (Å²) in [6, 6.07) is 0.841. The Balaban J connectivity index is 2.04. The van der Waals surface area contributed by atoms with Crippen molar-refractivity contribution >= 4 is 5.97 Å². The number of hydrogen-bond acceptors (Lipinski definition) is 3. The van der Waals surface area contributed by atoms with E-state index in [4.69, 9.17) is 9.84 Å². The predicted octanol–water partition coefficient (Wildman–Crippen LogP) is 2.27. The Labute approximate surface area is 109 Å². The summed E-state index contributed by atoms with van der Waals surface area (Å²) in [5, 5.41) is 9.13. The van der Waals surface area contributed by atoms with Gasteiger partial charge in [-0.3, -0.25) is 9.69 Å². The van der Waals surface area contributed by atoms with Gasteiger partial charge in [-0.15, -0.1) is 0 Å². The third-order valence-electron chi connectivity index (χ3n) is 4.25. The third kappa shape index (κ3) is 3.45. The number of ether oxygens (including phenoxy) is 1. The average molecular weight is 255 g/mol. The van der Waals surface area contributed by atoms with Gasteiger partial charge < -0.3 is 9.84 Å². The first-order valence-corrected chi connectivity index (χ1v) is 7.09. The normalized spacial score (nSPS) is 28.7. The highest BCUT2D eigenvalue weighted by Crippen LogP contribution is 2.32. The molecule has 0 aromatic heterocycles. The Kier molecular flexibility index (Phi) is 4.28. The molecule has 2 rings (SSSR count). The predicted molar refractivity (Wildman–Crippen MR) is 69.7 cm³/mol. The summed E-state index contributed by atoms with van der Waals surface area (Å²) in [5.74, 6) is -0.703. The van der Waals surface area contributed by atoms with Crippen molar-refractivity contribution in [1.82, 2.24) is 4.90 Å². The lowest BCUT2D eigenvalue weighted by Gasteiger charge is -2.43. The molecule has 4 nitrogen and oxygen atoms in total. The molecule has 1 heterocycles. The van der Waals surface area contributed by atoms with Gasteiger partial charge in [0.05, 0.1) is 12.1 Å². The van der Waals surface area contributed by atoms with E-state index in [1.165, 1.54) is 12.8 Å². The lowest BCUT2D eigenvalue weighted by atomic mass is 9.91. The van der Waals surface area contributed by atoms with Crippen molar-refractivity contribution in [2.45, 2.75) is 70.1 Å². The molecule has 0 aromatic carbocycles. The Hall–Kier alpha value is -0.610. The number of carboxylic acid groups (broad SMARTS) is 1. The van der Waals surface area contributed by atoms with Crippen LogP contribution < -0.4 is 0 Å². The van der Waals surface area contributed by atoms with Crippen LogP contribution in [-0.4, -0.2) is 46.8 Å². The van der Waals surface area contributed by atoms with Crippen molar-refractivity contribution in [2.75, 3.05) is 13.2 Å². The monoisotopic (exact) mass is 255 g/mol. The maximum atomic E-state index is 11.1. The topological polar surface area (TPSA) is 49.8 Å². The molecular weight excluding hydrogens is 230 g/mol. The van der Waals surface area contributed by atoms with Crippen molar-refractivity contribution in [3.8, 4) is 0 Å². The molecule has 1 saturated heterocycles. The first-order valence-electron chi connectivity index (χ1n) is 7.09. The van der Waals surface area contributed by atoms with Crippen molar-refractivity contribution in [1.29, 1.82) is 0 Å². The molecule has 0 radical (unpaired) electrons. The summed E-state index contributed by atoms with van der Waals surface area (Å²) in [5.41, 5.74) is -0.113. The zero-order valence-electron chi connectivity index (χ0n) is 11.5. The molecule has 1 N–H and O–H groups in total. The molecule has 1 unspecified atom stereocenters. The second kappa shape index (κ2) is 5.57. The SMILES string of the molecule is CC1(C)CC(N(CC(=O)O)C2CCCC2)CCO1. The first-order chi connectivity index (χ1) is 8.48. The van der Waals surface area contributed by atoms with Crippen LogP contribution in [0.2, 0.25) is 0 Å². The van der Waals surface area contributed by atoms with Gasteiger partial charge in [0.1, 0.15) is 0 Å². The Morgan fingerprint density at radius 1 is 1.28 bits per heavy atom. The van der Waals surface area contributed by atoms with Crippen molar-refractivity contribution in [2.24, 2.45) is 0 Å². The van der Waals surface area contributed by atoms with E-state index in [9.17, 15) is 4.79 Å². The summed E-state index contributed by atoms with van der Waals surface area (Å²) in [6.45, 7) is 5.14. The summed E-state index contributed by atoms with van der Waals surface area (Å²) in [6.07, 6.45) is 6.71. The number of rotatable bonds is 4. The van der Waals surface area contributed by atoms with Gasteiger partial charge in [0.2, 0.25) is 0 Å². The maximum absolute atomic E-state index is 11.1. The molecule has 1 saturated carbocycles. The quantitative estimate of drug-likeness (QED) is 0.837. The standard InChI is InChI=1S/C14H25NO3/c1-14(2)9-12(7-8-18-14)15(10-13(16)17)11-5-3-4-6-11/h11-12H,3-10H2,1-2H3,(H,16,17). The summed E-state index contributed by atoms with van der Waals surface area (Å²) < 4.78 is 5.74. The van der Waals surface area contributed by atoms with Crippen molar-refractivity contribution in [3.05, 3.63) is 0 Å². The smallest absolute Gasteiger partial charge is 0.317 e. The highest BCUT2D eigenvalue weighted by atomic mass is 16.5.